The molecule has 0 aliphatic heterocycles. The van der Waals surface area contributed by atoms with E-state index in [4.69, 9.17) is 0 Å². The standard InChI is InChI=1S/C14H21N/c1-12(2)8-7-11-15-13(3)14-9-5-4-6-10-14/h4-10,12-13,15H,11H2,1-3H3/b8-7+/t13-/m0/s1. The van der Waals surface area contributed by atoms with E-state index >= 15 is 0 Å². The monoisotopic (exact) mass is 203 g/mol. The molecule has 0 aliphatic carbocycles. The van der Waals surface area contributed by atoms with Crippen molar-refractivity contribution < 1.29 is 0 Å². The van der Waals surface area contributed by atoms with Crippen molar-refractivity contribution in [2.24, 2.45) is 5.92 Å². The molecule has 0 saturated carbocycles. The number of benzene rings is 1. The van der Waals surface area contributed by atoms with Gasteiger partial charge in [-0.2, -0.15) is 0 Å². The molecule has 82 valence electrons. The van der Waals surface area contributed by atoms with E-state index in [0.29, 0.717) is 12.0 Å². The highest BCUT2D eigenvalue weighted by molar-refractivity contribution is 5.18. The molecule has 1 atom stereocenters. The summed E-state index contributed by atoms with van der Waals surface area (Å²) in [5.74, 6) is 0.638. The minimum Gasteiger partial charge on any atom is -0.307 e. The van der Waals surface area contributed by atoms with E-state index < -0.39 is 0 Å². The van der Waals surface area contributed by atoms with Gasteiger partial charge in [-0.3, -0.25) is 0 Å². The molecular weight excluding hydrogens is 182 g/mol. The molecule has 0 bridgehead atoms. The average Bonchev–Trinajstić information content (AvgIpc) is 2.25. The second-order valence-corrected chi connectivity index (χ2v) is 4.21. The summed E-state index contributed by atoms with van der Waals surface area (Å²) in [6.07, 6.45) is 4.43. The lowest BCUT2D eigenvalue weighted by atomic mass is 10.1. The van der Waals surface area contributed by atoms with E-state index in [0.717, 1.165) is 6.54 Å². The molecule has 0 spiro atoms. The van der Waals surface area contributed by atoms with Crippen molar-refractivity contribution in [1.29, 1.82) is 0 Å². The second kappa shape index (κ2) is 6.41. The molecule has 1 N–H and O–H groups in total. The summed E-state index contributed by atoms with van der Waals surface area (Å²) in [4.78, 5) is 0. The molecule has 1 aromatic rings. The zero-order valence-electron chi connectivity index (χ0n) is 9.90. The van der Waals surface area contributed by atoms with E-state index in [2.05, 4.69) is 68.6 Å². The van der Waals surface area contributed by atoms with Crippen molar-refractivity contribution in [2.75, 3.05) is 6.54 Å². The van der Waals surface area contributed by atoms with Crippen molar-refractivity contribution in [2.45, 2.75) is 26.8 Å². The van der Waals surface area contributed by atoms with Crippen molar-refractivity contribution in [3.63, 3.8) is 0 Å². The smallest absolute Gasteiger partial charge is 0.0294 e. The molecule has 0 radical (unpaired) electrons. The lowest BCUT2D eigenvalue weighted by molar-refractivity contribution is 0.615. The normalized spacial score (nSPS) is 13.6. The molecule has 0 fully saturated rings. The summed E-state index contributed by atoms with van der Waals surface area (Å²) in [5, 5.41) is 3.47. The highest BCUT2D eigenvalue weighted by Crippen LogP contribution is 2.10. The van der Waals surface area contributed by atoms with Crippen LogP contribution in [0.5, 0.6) is 0 Å². The first-order valence-corrected chi connectivity index (χ1v) is 5.65. The molecule has 1 aromatic carbocycles. The number of rotatable bonds is 5. The van der Waals surface area contributed by atoms with Gasteiger partial charge in [-0.1, -0.05) is 56.3 Å². The zero-order valence-corrected chi connectivity index (χ0v) is 9.90. The number of hydrogen-bond acceptors (Lipinski definition) is 1. The Morgan fingerprint density at radius 1 is 1.13 bits per heavy atom. The Labute approximate surface area is 93.2 Å². The Balaban J connectivity index is 2.34. The van der Waals surface area contributed by atoms with Gasteiger partial charge in [0.2, 0.25) is 0 Å². The Bertz CT molecular complexity index is 287. The molecule has 0 unspecified atom stereocenters. The maximum atomic E-state index is 3.47. The predicted molar refractivity (Wildman–Crippen MR) is 66.8 cm³/mol. The van der Waals surface area contributed by atoms with E-state index in [1.54, 1.807) is 0 Å². The van der Waals surface area contributed by atoms with Gasteiger partial charge in [-0.05, 0) is 18.4 Å². The van der Waals surface area contributed by atoms with Crippen LogP contribution in [0.15, 0.2) is 42.5 Å². The Morgan fingerprint density at radius 3 is 2.40 bits per heavy atom. The first-order valence-electron chi connectivity index (χ1n) is 5.65. The fraction of sp³-hybridized carbons (Fsp3) is 0.429. The summed E-state index contributed by atoms with van der Waals surface area (Å²) in [6.45, 7) is 7.51. The lowest BCUT2D eigenvalue weighted by Gasteiger charge is -2.12. The van der Waals surface area contributed by atoms with Crippen LogP contribution in [-0.4, -0.2) is 6.54 Å². The molecule has 1 rings (SSSR count). The SMILES string of the molecule is CC(C)/C=C/CN[C@@H](C)c1ccccc1. The van der Waals surface area contributed by atoms with Gasteiger partial charge in [0.15, 0.2) is 0 Å². The van der Waals surface area contributed by atoms with Gasteiger partial charge in [0, 0.05) is 12.6 Å². The van der Waals surface area contributed by atoms with Gasteiger partial charge < -0.3 is 5.32 Å². The summed E-state index contributed by atoms with van der Waals surface area (Å²) in [6, 6.07) is 10.9. The van der Waals surface area contributed by atoms with E-state index in [1.165, 1.54) is 5.56 Å². The summed E-state index contributed by atoms with van der Waals surface area (Å²) < 4.78 is 0. The highest BCUT2D eigenvalue weighted by atomic mass is 14.9. The van der Waals surface area contributed by atoms with Crippen LogP contribution in [0, 0.1) is 5.92 Å². The van der Waals surface area contributed by atoms with Gasteiger partial charge in [0.25, 0.3) is 0 Å². The Hall–Kier alpha value is -1.08. The fourth-order valence-corrected chi connectivity index (χ4v) is 1.44. The molecule has 15 heavy (non-hydrogen) atoms. The van der Waals surface area contributed by atoms with Crippen LogP contribution in [-0.2, 0) is 0 Å². The van der Waals surface area contributed by atoms with Crippen LogP contribution < -0.4 is 5.32 Å². The first kappa shape index (κ1) is 12.0. The van der Waals surface area contributed by atoms with Crippen molar-refractivity contribution >= 4 is 0 Å². The summed E-state index contributed by atoms with van der Waals surface area (Å²) >= 11 is 0. The second-order valence-electron chi connectivity index (χ2n) is 4.21. The molecule has 0 heterocycles. The van der Waals surface area contributed by atoms with Crippen LogP contribution in [0.2, 0.25) is 0 Å². The largest absolute Gasteiger partial charge is 0.307 e. The Morgan fingerprint density at radius 2 is 1.80 bits per heavy atom. The molecule has 0 aromatic heterocycles. The summed E-state index contributed by atoms with van der Waals surface area (Å²) in [5.41, 5.74) is 1.34. The van der Waals surface area contributed by atoms with Crippen molar-refractivity contribution in [1.82, 2.24) is 5.32 Å². The molecule has 0 saturated heterocycles. The minimum atomic E-state index is 0.419. The number of allylic oxidation sites excluding steroid dienone is 1. The van der Waals surface area contributed by atoms with Crippen molar-refractivity contribution in [3.05, 3.63) is 48.0 Å². The van der Waals surface area contributed by atoms with E-state index in [9.17, 15) is 0 Å². The number of hydrogen-bond donors (Lipinski definition) is 1. The lowest BCUT2D eigenvalue weighted by Crippen LogP contribution is -2.18. The van der Waals surface area contributed by atoms with Crippen LogP contribution in [0.1, 0.15) is 32.4 Å². The molecule has 0 aliphatic rings. The molecular formula is C14H21N. The Kier molecular flexibility index (Phi) is 5.13. The van der Waals surface area contributed by atoms with Gasteiger partial charge in [0.05, 0.1) is 0 Å². The van der Waals surface area contributed by atoms with E-state index in [1.807, 2.05) is 0 Å². The topological polar surface area (TPSA) is 12.0 Å². The van der Waals surface area contributed by atoms with E-state index in [-0.39, 0.29) is 0 Å². The first-order chi connectivity index (χ1) is 7.20. The maximum Gasteiger partial charge on any atom is 0.0294 e. The van der Waals surface area contributed by atoms with Gasteiger partial charge >= 0.3 is 0 Å². The fourth-order valence-electron chi connectivity index (χ4n) is 1.44. The maximum absolute atomic E-state index is 3.47. The molecule has 1 heteroatoms. The average molecular weight is 203 g/mol. The third-order valence-corrected chi connectivity index (χ3v) is 2.36. The third-order valence-electron chi connectivity index (χ3n) is 2.36. The van der Waals surface area contributed by atoms with Crippen LogP contribution in [0.4, 0.5) is 0 Å². The predicted octanol–water partition coefficient (Wildman–Crippen LogP) is 3.55. The minimum absolute atomic E-state index is 0.419. The van der Waals surface area contributed by atoms with Crippen LogP contribution >= 0.6 is 0 Å². The van der Waals surface area contributed by atoms with Crippen LogP contribution in [0.3, 0.4) is 0 Å². The quantitative estimate of drug-likeness (QED) is 0.722. The third kappa shape index (κ3) is 4.80. The summed E-state index contributed by atoms with van der Waals surface area (Å²) in [7, 11) is 0. The zero-order chi connectivity index (χ0) is 11.1. The highest BCUT2D eigenvalue weighted by Gasteiger charge is 2.00. The molecule has 0 amide bonds. The molecule has 1 nitrogen and oxygen atoms in total. The van der Waals surface area contributed by atoms with Gasteiger partial charge in [-0.25, -0.2) is 0 Å². The van der Waals surface area contributed by atoms with Crippen LogP contribution in [0.25, 0.3) is 0 Å². The number of nitrogens with one attached hydrogen (secondary N) is 1. The van der Waals surface area contributed by atoms with Gasteiger partial charge in [0.1, 0.15) is 0 Å². The van der Waals surface area contributed by atoms with Crippen molar-refractivity contribution in [3.8, 4) is 0 Å². The van der Waals surface area contributed by atoms with Gasteiger partial charge in [-0.15, -0.1) is 0 Å².